The van der Waals surface area contributed by atoms with E-state index >= 15 is 0 Å². The highest BCUT2D eigenvalue weighted by Crippen LogP contribution is 2.51. The summed E-state index contributed by atoms with van der Waals surface area (Å²) in [7, 11) is 0. The summed E-state index contributed by atoms with van der Waals surface area (Å²) in [6, 6.07) is 38.9. The molecule has 0 N–H and O–H groups in total. The van der Waals surface area contributed by atoms with Crippen LogP contribution in [-0.2, 0) is 25.7 Å². The zero-order valence-corrected chi connectivity index (χ0v) is 46.3. The van der Waals surface area contributed by atoms with E-state index in [1.807, 2.05) is 121 Å². The third kappa shape index (κ3) is 9.04. The number of hydrogen-bond acceptors (Lipinski definition) is 8. The van der Waals surface area contributed by atoms with E-state index in [4.69, 9.17) is 81.2 Å². The Balaban J connectivity index is 0.000000167. The molecule has 8 aromatic carbocycles. The van der Waals surface area contributed by atoms with Gasteiger partial charge >= 0.3 is 0 Å². The van der Waals surface area contributed by atoms with Gasteiger partial charge in [0.05, 0.1) is 79.7 Å². The molecule has 394 valence electrons. The number of hydrogen-bond donors (Lipinski definition) is 0. The van der Waals surface area contributed by atoms with Crippen LogP contribution in [0.4, 0.5) is 0 Å². The first-order valence-corrected chi connectivity index (χ1v) is 27.3. The highest BCUT2D eigenvalue weighted by molar-refractivity contribution is 6.55. The van der Waals surface area contributed by atoms with Crippen molar-refractivity contribution in [2.75, 3.05) is 26.2 Å². The SMILES string of the molecule is O=C1c2c(Cl)c(Cl)c3c4c(c(Cl)c(Cl)c(c24)C(=O)N1CCc1ccccc1)C(=O)N(CCc1ccccc1)C3=O.O=C1c2cc(Cl)c3c4c(c(Cl)c(Cl)c(c24)C(=O)N1CCc1ccccc1)C(=O)N(CCc1ccccc1)C3=O. The summed E-state index contributed by atoms with van der Waals surface area (Å²) in [6.07, 6.45) is 1.62. The van der Waals surface area contributed by atoms with Gasteiger partial charge in [-0.05, 0) is 54.0 Å². The maximum atomic E-state index is 13.7. The van der Waals surface area contributed by atoms with Gasteiger partial charge in [0.15, 0.2) is 0 Å². The molecule has 4 aliphatic rings. The summed E-state index contributed by atoms with van der Waals surface area (Å²) < 4.78 is 0. The van der Waals surface area contributed by atoms with E-state index in [1.165, 1.54) is 6.07 Å². The van der Waals surface area contributed by atoms with Crippen molar-refractivity contribution in [1.29, 1.82) is 0 Å². The Bertz CT molecular complexity index is 3800. The quantitative estimate of drug-likeness (QED) is 0.110. The van der Waals surface area contributed by atoms with Crippen molar-refractivity contribution in [2.24, 2.45) is 0 Å². The Labute approximate surface area is 485 Å². The van der Waals surface area contributed by atoms with Crippen LogP contribution in [0.2, 0.25) is 35.2 Å². The van der Waals surface area contributed by atoms with Crippen LogP contribution in [0, 0.1) is 0 Å². The summed E-state index contributed by atoms with van der Waals surface area (Å²) in [5.41, 5.74) is 3.42. The van der Waals surface area contributed by atoms with Crippen LogP contribution in [0.1, 0.15) is 105 Å². The van der Waals surface area contributed by atoms with Crippen molar-refractivity contribution in [1.82, 2.24) is 19.6 Å². The second-order valence-electron chi connectivity index (χ2n) is 18.9. The zero-order chi connectivity index (χ0) is 55.7. The maximum absolute atomic E-state index is 13.7. The molecule has 0 radical (unpaired) electrons. The number of imide groups is 4. The van der Waals surface area contributed by atoms with E-state index in [0.717, 1.165) is 41.9 Å². The van der Waals surface area contributed by atoms with E-state index in [9.17, 15) is 38.4 Å². The highest BCUT2D eigenvalue weighted by Gasteiger charge is 2.47. The van der Waals surface area contributed by atoms with Crippen LogP contribution in [0.5, 0.6) is 0 Å². The number of benzene rings is 8. The zero-order valence-electron chi connectivity index (χ0n) is 41.0. The lowest BCUT2D eigenvalue weighted by molar-refractivity contribution is 0.0591. The Hall–Kier alpha value is -7.13. The Kier molecular flexibility index (Phi) is 14.7. The summed E-state index contributed by atoms with van der Waals surface area (Å²) in [5.74, 6) is -5.25. The number of carbonyl (C=O) groups is 8. The Morgan fingerprint density at radius 3 is 0.747 bits per heavy atom. The molecular formula is C60H37Cl7N4O8. The van der Waals surface area contributed by atoms with Gasteiger partial charge < -0.3 is 0 Å². The van der Waals surface area contributed by atoms with Crippen molar-refractivity contribution < 1.29 is 38.4 Å². The minimum Gasteiger partial charge on any atom is -0.274 e. The third-order valence-electron chi connectivity index (χ3n) is 14.5. The molecule has 0 atom stereocenters. The minimum absolute atomic E-state index is 0.00370. The van der Waals surface area contributed by atoms with Crippen LogP contribution in [0.25, 0.3) is 21.5 Å². The average molecular weight is 1190 g/mol. The highest BCUT2D eigenvalue weighted by atomic mass is 35.5. The second-order valence-corrected chi connectivity index (χ2v) is 21.6. The topological polar surface area (TPSA) is 150 Å². The first kappa shape index (κ1) is 53.9. The van der Waals surface area contributed by atoms with Crippen molar-refractivity contribution >= 4 is 150 Å². The molecule has 0 fully saturated rings. The van der Waals surface area contributed by atoms with Crippen LogP contribution in [0.15, 0.2) is 127 Å². The van der Waals surface area contributed by atoms with Gasteiger partial charge in [0.2, 0.25) is 0 Å². The molecule has 12 rings (SSSR count). The predicted molar refractivity (Wildman–Crippen MR) is 305 cm³/mol. The van der Waals surface area contributed by atoms with Gasteiger partial charge in [-0.3, -0.25) is 58.0 Å². The molecule has 8 amide bonds. The molecule has 0 saturated carbocycles. The molecule has 0 aliphatic carbocycles. The Morgan fingerprint density at radius 2 is 0.481 bits per heavy atom. The largest absolute Gasteiger partial charge is 0.274 e. The summed E-state index contributed by atoms with van der Waals surface area (Å²) in [4.78, 5) is 114. The molecular weight excluding hydrogens is 1150 g/mol. The lowest BCUT2D eigenvalue weighted by Crippen LogP contribution is -2.45. The van der Waals surface area contributed by atoms with Gasteiger partial charge in [-0.1, -0.05) is 203 Å². The number of amides is 8. The fourth-order valence-electron chi connectivity index (χ4n) is 10.6. The van der Waals surface area contributed by atoms with E-state index in [-0.39, 0.29) is 127 Å². The molecule has 0 bridgehead atoms. The fraction of sp³-hybridized carbons (Fsp3) is 0.133. The van der Waals surface area contributed by atoms with E-state index in [1.54, 1.807) is 0 Å². The number of halogens is 7. The van der Waals surface area contributed by atoms with Gasteiger partial charge in [-0.2, -0.15) is 0 Å². The van der Waals surface area contributed by atoms with E-state index < -0.39 is 47.3 Å². The molecule has 4 heterocycles. The van der Waals surface area contributed by atoms with E-state index in [2.05, 4.69) is 0 Å². The number of carbonyl (C=O) groups excluding carboxylic acids is 8. The smallest absolute Gasteiger partial charge is 0.262 e. The molecule has 0 aromatic heterocycles. The van der Waals surface area contributed by atoms with Crippen LogP contribution >= 0.6 is 81.2 Å². The molecule has 0 spiro atoms. The predicted octanol–water partition coefficient (Wildman–Crippen LogP) is 13.6. The third-order valence-corrected chi connectivity index (χ3v) is 17.3. The van der Waals surface area contributed by atoms with Crippen molar-refractivity contribution in [2.45, 2.75) is 25.7 Å². The normalized spacial score (nSPS) is 14.5. The first-order chi connectivity index (χ1) is 38.0. The molecule has 0 unspecified atom stereocenters. The molecule has 4 aliphatic heterocycles. The van der Waals surface area contributed by atoms with E-state index in [0.29, 0.717) is 25.7 Å². The lowest BCUT2D eigenvalue weighted by atomic mass is 9.85. The molecule has 19 heteroatoms. The summed E-state index contributed by atoms with van der Waals surface area (Å²) >= 11 is 46.5. The fourth-order valence-corrected chi connectivity index (χ4v) is 12.5. The van der Waals surface area contributed by atoms with Gasteiger partial charge in [-0.25, -0.2) is 0 Å². The van der Waals surface area contributed by atoms with Crippen molar-refractivity contribution in [3.8, 4) is 0 Å². The van der Waals surface area contributed by atoms with Crippen molar-refractivity contribution in [3.63, 3.8) is 0 Å². The standard InChI is InChI=1S/C30H18Cl4N2O4.C30H19Cl3N2O4/c31-23-19-17-18-21(25(23)33)29(39)36(14-12-16-9-5-2-6-10-16)30(40)22(18)26(34)24(32)20(17)28(38)35(27(19)37)13-11-15-7-3-1-4-8-15;31-19-15-18-20-22-21(19)28(37)35(14-12-17-9-5-2-6-10-17)30(39)24(22)26(33)25(32)23(20)29(38)34(27(18)36)13-11-16-7-3-1-4-8-16/h1-10H,11-14H2;1-10,15H,11-14H2. The van der Waals surface area contributed by atoms with Crippen LogP contribution in [-0.4, -0.2) is 93.0 Å². The molecule has 12 nitrogen and oxygen atoms in total. The maximum Gasteiger partial charge on any atom is 0.262 e. The van der Waals surface area contributed by atoms with Crippen LogP contribution in [0.3, 0.4) is 0 Å². The molecule has 0 saturated heterocycles. The summed E-state index contributed by atoms with van der Waals surface area (Å²) in [5, 5.41) is -0.797. The second kappa shape index (κ2) is 21.5. The van der Waals surface area contributed by atoms with Crippen molar-refractivity contribution in [3.05, 3.63) is 229 Å². The van der Waals surface area contributed by atoms with Gasteiger partial charge in [0.25, 0.3) is 47.3 Å². The lowest BCUT2D eigenvalue weighted by Gasteiger charge is -2.34. The molecule has 79 heavy (non-hydrogen) atoms. The van der Waals surface area contributed by atoms with Crippen LogP contribution < -0.4 is 0 Å². The number of nitrogens with zero attached hydrogens (tertiary/aromatic N) is 4. The monoisotopic (exact) mass is 1190 g/mol. The molecule has 8 aromatic rings. The number of rotatable bonds is 12. The minimum atomic E-state index is -0.692. The Morgan fingerprint density at radius 1 is 0.266 bits per heavy atom. The van der Waals surface area contributed by atoms with Gasteiger partial charge in [-0.15, -0.1) is 0 Å². The summed E-state index contributed by atoms with van der Waals surface area (Å²) in [6.45, 7) is 0.266. The average Bonchev–Trinajstić information content (AvgIpc) is 2.77. The first-order valence-electron chi connectivity index (χ1n) is 24.6. The van der Waals surface area contributed by atoms with Gasteiger partial charge in [0, 0.05) is 47.7 Å². The van der Waals surface area contributed by atoms with Gasteiger partial charge in [0.1, 0.15) is 0 Å².